The number of allylic oxidation sites excluding steroid dienone is 6. The smallest absolute Gasteiger partial charge is 0.392 e. The number of carbonyl (C=O) groups is 4. The molecule has 2 aromatic heterocycles. The average Bonchev–Trinajstić information content (AvgIpc) is 3.97. The Balaban J connectivity index is 1.12. The van der Waals surface area contributed by atoms with Crippen molar-refractivity contribution in [2.24, 2.45) is 17.3 Å². The molecule has 3 heterocycles. The Morgan fingerprint density at radius 1 is 0.959 bits per heavy atom. The monoisotopic (exact) mass is 1130 g/mol. The Hall–Kier alpha value is -3.89. The highest BCUT2D eigenvalue weighted by molar-refractivity contribution is 8.13. The molecule has 11 unspecified atom stereocenters. The molecule has 1 aliphatic heterocycles. The number of aliphatic hydroxyl groups excluding tert-OH is 4. The maximum absolute atomic E-state index is 12.8. The summed E-state index contributed by atoms with van der Waals surface area (Å²) >= 11 is 0.940. The Kier molecular flexibility index (Phi) is 24.6. The summed E-state index contributed by atoms with van der Waals surface area (Å²) in [5.74, 6) is -2.29. The van der Waals surface area contributed by atoms with Crippen molar-refractivity contribution in [3.63, 3.8) is 0 Å². The number of rotatable bonds is 31. The van der Waals surface area contributed by atoms with Crippen LogP contribution in [-0.2, 0) is 55.5 Å². The van der Waals surface area contributed by atoms with Gasteiger partial charge in [-0.3, -0.25) is 37.3 Å². The number of phosphoric acid groups is 3. The first kappa shape index (κ1) is 62.6. The van der Waals surface area contributed by atoms with Gasteiger partial charge in [0.1, 0.15) is 42.0 Å². The molecule has 414 valence electrons. The molecule has 1 aliphatic carbocycles. The molecule has 4 rings (SSSR count). The third kappa shape index (κ3) is 20.2. The number of amides is 2. The molecule has 0 radical (unpaired) electrons. The van der Waals surface area contributed by atoms with E-state index in [9.17, 15) is 72.9 Å². The fraction of sp³-hybridized carbons (Fsp3) is 0.605. The number of nitrogens with two attached hydrogens (primary N) is 1. The summed E-state index contributed by atoms with van der Waals surface area (Å²) in [6, 6.07) is 0. The zero-order valence-corrected chi connectivity index (χ0v) is 44.3. The van der Waals surface area contributed by atoms with Crippen LogP contribution in [0.2, 0.25) is 0 Å². The van der Waals surface area contributed by atoms with Gasteiger partial charge in [-0.1, -0.05) is 81.1 Å². The predicted octanol–water partition coefficient (Wildman–Crippen LogP) is 2.18. The Bertz CT molecular complexity index is 2490. The molecule has 1 saturated carbocycles. The normalized spacial score (nSPS) is 24.3. The van der Waals surface area contributed by atoms with Crippen LogP contribution in [0.1, 0.15) is 78.4 Å². The van der Waals surface area contributed by atoms with E-state index >= 15 is 0 Å². The van der Waals surface area contributed by atoms with E-state index in [4.69, 9.17) is 19.5 Å². The summed E-state index contributed by atoms with van der Waals surface area (Å²) in [6.07, 6.45) is 9.54. The van der Waals surface area contributed by atoms with Crippen molar-refractivity contribution in [3.05, 3.63) is 61.3 Å². The molecule has 2 aromatic rings. The second-order valence-corrected chi connectivity index (χ2v) is 23.1. The minimum atomic E-state index is -5.61. The van der Waals surface area contributed by atoms with Gasteiger partial charge in [-0.05, 0) is 32.1 Å². The highest BCUT2D eigenvalue weighted by atomic mass is 32.2. The first-order valence-electron chi connectivity index (χ1n) is 23.3. The molecule has 74 heavy (non-hydrogen) atoms. The molecule has 12 N–H and O–H groups in total. The molecule has 0 aromatic carbocycles. The Morgan fingerprint density at radius 3 is 2.32 bits per heavy atom. The van der Waals surface area contributed by atoms with E-state index in [1.807, 2.05) is 18.2 Å². The lowest BCUT2D eigenvalue weighted by Gasteiger charge is -2.30. The molecule has 2 amide bonds. The van der Waals surface area contributed by atoms with Crippen molar-refractivity contribution in [3.8, 4) is 0 Å². The third-order valence-corrected chi connectivity index (χ3v) is 15.4. The molecule has 0 spiro atoms. The van der Waals surface area contributed by atoms with E-state index in [2.05, 4.69) is 59.6 Å². The summed E-state index contributed by atoms with van der Waals surface area (Å²) in [7, 11) is -16.5. The van der Waals surface area contributed by atoms with E-state index in [0.29, 0.717) is 6.42 Å². The minimum Gasteiger partial charge on any atom is -0.392 e. The lowest BCUT2D eigenvalue weighted by Crippen LogP contribution is -2.46. The number of hydrogen-bond donors (Lipinski definition) is 11. The number of ketones is 1. The van der Waals surface area contributed by atoms with Crippen LogP contribution in [0.15, 0.2) is 61.3 Å². The molecule has 31 heteroatoms. The lowest BCUT2D eigenvalue weighted by molar-refractivity contribution is -0.137. The second-order valence-electron chi connectivity index (χ2n) is 17.7. The number of fused-ring (bicyclic) bond motifs is 1. The number of imidazole rings is 1. The average molecular weight is 1130 g/mol. The number of thioether (sulfide) groups is 1. The van der Waals surface area contributed by atoms with Gasteiger partial charge >= 0.3 is 23.5 Å². The van der Waals surface area contributed by atoms with Crippen molar-refractivity contribution in [2.75, 3.05) is 37.8 Å². The van der Waals surface area contributed by atoms with E-state index in [1.165, 1.54) is 19.9 Å². The van der Waals surface area contributed by atoms with E-state index in [-0.39, 0.29) is 72.4 Å². The van der Waals surface area contributed by atoms with Crippen LogP contribution in [0.3, 0.4) is 0 Å². The highest BCUT2D eigenvalue weighted by Crippen LogP contribution is 2.61. The first-order chi connectivity index (χ1) is 34.7. The van der Waals surface area contributed by atoms with Crippen molar-refractivity contribution in [2.45, 2.75) is 115 Å². The number of nitrogen functional groups attached to an aromatic ring is 1. The van der Waals surface area contributed by atoms with Crippen molar-refractivity contribution in [1.82, 2.24) is 30.2 Å². The third-order valence-electron chi connectivity index (χ3n) is 11.4. The summed E-state index contributed by atoms with van der Waals surface area (Å²) in [6.45, 7) is 2.28. The van der Waals surface area contributed by atoms with Crippen LogP contribution in [0.5, 0.6) is 0 Å². The molecule has 0 bridgehead atoms. The van der Waals surface area contributed by atoms with Gasteiger partial charge in [0.2, 0.25) is 11.8 Å². The fourth-order valence-corrected chi connectivity index (χ4v) is 11.0. The molecule has 27 nitrogen and oxygen atoms in total. The summed E-state index contributed by atoms with van der Waals surface area (Å²) in [5, 5.41) is 47.2. The topological polar surface area (TPSA) is 421 Å². The summed E-state index contributed by atoms with van der Waals surface area (Å²) in [5.41, 5.74) is 4.20. The second kappa shape index (κ2) is 29.0. The molecule has 11 atom stereocenters. The maximum atomic E-state index is 12.8. The highest BCUT2D eigenvalue weighted by Gasteiger charge is 2.50. The number of carbonyl (C=O) groups excluding carboxylic acids is 4. The Morgan fingerprint density at radius 2 is 1.64 bits per heavy atom. The number of phosphoric ester groups is 3. The zero-order valence-electron chi connectivity index (χ0n) is 40.8. The number of aliphatic hydroxyl groups is 4. The number of hydrogen-bond acceptors (Lipinski definition) is 21. The van der Waals surface area contributed by atoms with Gasteiger partial charge in [-0.25, -0.2) is 28.6 Å². The van der Waals surface area contributed by atoms with Gasteiger partial charge in [0.05, 0.1) is 31.7 Å². The maximum Gasteiger partial charge on any atom is 0.481 e. The van der Waals surface area contributed by atoms with Crippen molar-refractivity contribution < 1.29 is 95.5 Å². The van der Waals surface area contributed by atoms with Gasteiger partial charge in [-0.15, -0.1) is 0 Å². The number of ether oxygens (including phenoxy) is 1. The van der Waals surface area contributed by atoms with Gasteiger partial charge in [0.25, 0.3) is 0 Å². The van der Waals surface area contributed by atoms with Gasteiger partial charge in [0.15, 0.2) is 22.8 Å². The largest absolute Gasteiger partial charge is 0.481 e. The van der Waals surface area contributed by atoms with Crippen LogP contribution >= 0.6 is 35.2 Å². The minimum absolute atomic E-state index is 0.0170. The van der Waals surface area contributed by atoms with Gasteiger partial charge in [-0.2, -0.15) is 4.31 Å². The van der Waals surface area contributed by atoms with E-state index in [0.717, 1.165) is 48.2 Å². The molecule has 1 saturated heterocycles. The van der Waals surface area contributed by atoms with Crippen LogP contribution in [0.25, 0.3) is 11.2 Å². The standard InChI is InChI=1S/C43H66N7O20P3S/c1-4-5-6-7-8-9-10-11-12-13-28-29(31(53)22-30(28)52)16-14-27(51)15-17-34(55)74-21-20-45-33(54)18-19-46-41(58)38(57)43(2,3)24-67-73(64,65)70-72(62,63)66-23-32-37(69-71(59,60)61)36(56)42(68-32)50-26-49-35-39(44)47-25-48-40(35)50/h5-6,8-9,11-12,14,16,25-29,31-32,36-38,42,51,53,56-57H,4,7,10,13,15,17-24H2,1-3H3,(H,45,54)(H,46,58)(H,62,63)(H,64,65)(H2,44,47,48)(H2,59,60,61)/b6-5+,9-8+,12-11+,16-14+. The van der Waals surface area contributed by atoms with Crippen LogP contribution in [0.4, 0.5) is 5.82 Å². The number of Topliss-reactive ketones (excluding diaryl/α,β-unsaturated/α-hetero) is 1. The number of nitrogens with zero attached hydrogens (tertiary/aromatic N) is 4. The van der Waals surface area contributed by atoms with Gasteiger partial charge in [0, 0.05) is 55.4 Å². The SMILES string of the molecule is CC/C=C/C/C=C/C/C=C/CC1C(=O)CC(O)C1/C=C/C(O)CCC(=O)SCCNC(=O)CCNC(=O)C(O)C(C)(C)COP(=O)(O)OP(=O)(O)OCC1OC(n2cnc3c(N)ncnc32)C(O)C1OP(=O)(O)O. The number of aromatic nitrogens is 4. The molecular weight excluding hydrogens is 1060 g/mol. The van der Waals surface area contributed by atoms with Crippen LogP contribution in [-0.4, -0.2) is 151 Å². The first-order valence-corrected chi connectivity index (χ1v) is 28.8. The van der Waals surface area contributed by atoms with Gasteiger partial charge < -0.3 is 61.1 Å². The van der Waals surface area contributed by atoms with Crippen molar-refractivity contribution in [1.29, 1.82) is 0 Å². The lowest BCUT2D eigenvalue weighted by atomic mass is 9.87. The molecule has 2 aliphatic rings. The number of nitrogens with one attached hydrogen (secondary N) is 2. The van der Waals surface area contributed by atoms with E-state index < -0.39 is 109 Å². The molecule has 2 fully saturated rings. The summed E-state index contributed by atoms with van der Waals surface area (Å²) in [4.78, 5) is 101. The molecular formula is C43H66N7O20P3S. The predicted molar refractivity (Wildman–Crippen MR) is 266 cm³/mol. The van der Waals surface area contributed by atoms with Crippen LogP contribution in [0, 0.1) is 17.3 Å². The summed E-state index contributed by atoms with van der Waals surface area (Å²) < 4.78 is 62.5. The zero-order chi connectivity index (χ0) is 54.9. The van der Waals surface area contributed by atoms with Crippen LogP contribution < -0.4 is 16.4 Å². The quantitative estimate of drug-likeness (QED) is 0.0293. The number of anilines is 1. The van der Waals surface area contributed by atoms with Crippen molar-refractivity contribution >= 4 is 74.9 Å². The fourth-order valence-electron chi connectivity index (χ4n) is 7.46. The van der Waals surface area contributed by atoms with E-state index in [1.54, 1.807) is 6.08 Å². The Labute approximate surface area is 430 Å².